The predicted molar refractivity (Wildman–Crippen MR) is 64.3 cm³/mol. The number of hydrogen-bond donors (Lipinski definition) is 0. The molecule has 1 unspecified atom stereocenters. The predicted octanol–water partition coefficient (Wildman–Crippen LogP) is 3.17. The molecule has 0 spiro atoms. The first-order valence-corrected chi connectivity index (χ1v) is 5.55. The van der Waals surface area contributed by atoms with Gasteiger partial charge in [0.05, 0.1) is 7.11 Å². The number of hydrogen-bond acceptors (Lipinski definition) is 2. The zero-order valence-corrected chi connectivity index (χ0v) is 9.49. The van der Waals surface area contributed by atoms with Gasteiger partial charge in [0, 0.05) is 17.4 Å². The molecule has 2 heteroatoms. The van der Waals surface area contributed by atoms with E-state index in [4.69, 9.17) is 9.47 Å². The Hall–Kier alpha value is -1.70. The lowest BCUT2D eigenvalue weighted by atomic mass is 10.0. The molecule has 1 aliphatic rings. The molecule has 2 aromatic rings. The first-order chi connectivity index (χ1) is 7.79. The summed E-state index contributed by atoms with van der Waals surface area (Å²) >= 11 is 0. The number of benzene rings is 2. The molecule has 0 bridgehead atoms. The summed E-state index contributed by atoms with van der Waals surface area (Å²) in [7, 11) is 1.70. The van der Waals surface area contributed by atoms with E-state index in [2.05, 4.69) is 25.1 Å². The molecule has 16 heavy (non-hydrogen) atoms. The second kappa shape index (κ2) is 3.41. The minimum atomic E-state index is 0.251. The third-order valence-corrected chi connectivity index (χ3v) is 3.06. The molecule has 2 nitrogen and oxygen atoms in total. The largest absolute Gasteiger partial charge is 0.492 e. The Morgan fingerprint density at radius 3 is 2.94 bits per heavy atom. The second-order valence-corrected chi connectivity index (χ2v) is 4.25. The third kappa shape index (κ3) is 1.26. The highest BCUT2D eigenvalue weighted by atomic mass is 16.5. The summed E-state index contributed by atoms with van der Waals surface area (Å²) < 4.78 is 11.3. The molecule has 0 saturated carbocycles. The van der Waals surface area contributed by atoms with Crippen molar-refractivity contribution in [2.75, 3.05) is 7.11 Å². The van der Waals surface area contributed by atoms with Gasteiger partial charge in [-0.05, 0) is 18.4 Å². The number of methoxy groups -OCH3 is 1. The van der Waals surface area contributed by atoms with Crippen LogP contribution in [0.25, 0.3) is 10.8 Å². The Labute approximate surface area is 94.8 Å². The highest BCUT2D eigenvalue weighted by Gasteiger charge is 2.24. The highest BCUT2D eigenvalue weighted by molar-refractivity contribution is 5.92. The molecule has 0 radical (unpaired) electrons. The van der Waals surface area contributed by atoms with Crippen molar-refractivity contribution in [2.45, 2.75) is 19.4 Å². The number of fused-ring (bicyclic) bond motifs is 2. The number of ether oxygens (including phenoxy) is 2. The quantitative estimate of drug-likeness (QED) is 0.726. The van der Waals surface area contributed by atoms with Crippen LogP contribution in [0.1, 0.15) is 12.5 Å². The van der Waals surface area contributed by atoms with E-state index in [1.807, 2.05) is 12.1 Å². The topological polar surface area (TPSA) is 18.5 Å². The van der Waals surface area contributed by atoms with E-state index in [1.165, 1.54) is 10.9 Å². The number of rotatable bonds is 1. The summed E-state index contributed by atoms with van der Waals surface area (Å²) in [5.74, 6) is 1.80. The van der Waals surface area contributed by atoms with Crippen LogP contribution in [0.15, 0.2) is 30.3 Å². The fraction of sp³-hybridized carbons (Fsp3) is 0.286. The van der Waals surface area contributed by atoms with E-state index < -0.39 is 0 Å². The van der Waals surface area contributed by atoms with E-state index in [1.54, 1.807) is 7.11 Å². The van der Waals surface area contributed by atoms with E-state index >= 15 is 0 Å². The van der Waals surface area contributed by atoms with Crippen LogP contribution in [0, 0.1) is 0 Å². The van der Waals surface area contributed by atoms with Crippen molar-refractivity contribution in [1.82, 2.24) is 0 Å². The molecule has 0 aliphatic carbocycles. The van der Waals surface area contributed by atoms with Crippen LogP contribution >= 0.6 is 0 Å². The maximum Gasteiger partial charge on any atom is 0.168 e. The Morgan fingerprint density at radius 1 is 1.31 bits per heavy atom. The van der Waals surface area contributed by atoms with Crippen molar-refractivity contribution in [2.24, 2.45) is 0 Å². The molecule has 0 fully saturated rings. The van der Waals surface area contributed by atoms with Crippen LogP contribution in [-0.2, 0) is 6.42 Å². The molecule has 1 aliphatic heterocycles. The van der Waals surface area contributed by atoms with E-state index in [-0.39, 0.29) is 6.10 Å². The third-order valence-electron chi connectivity index (χ3n) is 3.06. The molecule has 0 aromatic heterocycles. The monoisotopic (exact) mass is 214 g/mol. The standard InChI is InChI=1S/C14H14O2/c1-9-7-11-8-10-5-3-4-6-12(10)14(15-2)13(11)16-9/h3-6,8-9H,7H2,1-2H3. The molecule has 1 atom stereocenters. The van der Waals surface area contributed by atoms with Crippen molar-refractivity contribution in [3.63, 3.8) is 0 Å². The Balaban J connectivity index is 2.34. The lowest BCUT2D eigenvalue weighted by Crippen LogP contribution is -2.05. The van der Waals surface area contributed by atoms with Crippen molar-refractivity contribution in [1.29, 1.82) is 0 Å². The minimum Gasteiger partial charge on any atom is -0.492 e. The van der Waals surface area contributed by atoms with Crippen LogP contribution in [0.4, 0.5) is 0 Å². The van der Waals surface area contributed by atoms with E-state index in [0.717, 1.165) is 23.3 Å². The van der Waals surface area contributed by atoms with Crippen molar-refractivity contribution < 1.29 is 9.47 Å². The van der Waals surface area contributed by atoms with E-state index in [9.17, 15) is 0 Å². The average Bonchev–Trinajstić information content (AvgIpc) is 2.65. The van der Waals surface area contributed by atoms with Crippen molar-refractivity contribution >= 4 is 10.8 Å². The fourth-order valence-electron chi connectivity index (χ4n) is 2.39. The van der Waals surface area contributed by atoms with Gasteiger partial charge in [0.2, 0.25) is 0 Å². The first kappa shape index (κ1) is 9.52. The Kier molecular flexibility index (Phi) is 2.03. The molecular formula is C14H14O2. The van der Waals surface area contributed by atoms with Crippen LogP contribution in [0.2, 0.25) is 0 Å². The summed E-state index contributed by atoms with van der Waals surface area (Å²) in [5, 5.41) is 2.34. The Bertz CT molecular complexity index is 546. The summed E-state index contributed by atoms with van der Waals surface area (Å²) in [4.78, 5) is 0. The smallest absolute Gasteiger partial charge is 0.168 e. The SMILES string of the molecule is COc1c2c(cc3ccccc13)CC(C)O2. The molecule has 0 N–H and O–H groups in total. The van der Waals surface area contributed by atoms with Gasteiger partial charge in [-0.1, -0.05) is 24.3 Å². The zero-order valence-electron chi connectivity index (χ0n) is 9.49. The molecule has 2 aromatic carbocycles. The maximum atomic E-state index is 5.81. The molecule has 0 amide bonds. The molecular weight excluding hydrogens is 200 g/mol. The van der Waals surface area contributed by atoms with Gasteiger partial charge in [0.15, 0.2) is 11.5 Å². The summed E-state index contributed by atoms with van der Waals surface area (Å²) in [6.07, 6.45) is 1.22. The summed E-state index contributed by atoms with van der Waals surface area (Å²) in [6, 6.07) is 10.5. The lowest BCUT2D eigenvalue weighted by molar-refractivity contribution is 0.244. The van der Waals surface area contributed by atoms with Crippen LogP contribution in [-0.4, -0.2) is 13.2 Å². The molecule has 3 rings (SSSR count). The van der Waals surface area contributed by atoms with Gasteiger partial charge in [0.25, 0.3) is 0 Å². The highest BCUT2D eigenvalue weighted by Crippen LogP contribution is 2.43. The summed E-state index contributed by atoms with van der Waals surface area (Å²) in [5.41, 5.74) is 1.25. The van der Waals surface area contributed by atoms with Gasteiger partial charge < -0.3 is 9.47 Å². The normalized spacial score (nSPS) is 18.2. The van der Waals surface area contributed by atoms with Crippen LogP contribution in [0.3, 0.4) is 0 Å². The molecule has 82 valence electrons. The fourth-order valence-corrected chi connectivity index (χ4v) is 2.39. The second-order valence-electron chi connectivity index (χ2n) is 4.25. The minimum absolute atomic E-state index is 0.251. The van der Waals surface area contributed by atoms with Crippen LogP contribution in [0.5, 0.6) is 11.5 Å². The van der Waals surface area contributed by atoms with Gasteiger partial charge in [-0.15, -0.1) is 0 Å². The maximum absolute atomic E-state index is 5.81. The van der Waals surface area contributed by atoms with Crippen molar-refractivity contribution in [3.05, 3.63) is 35.9 Å². The summed E-state index contributed by atoms with van der Waals surface area (Å²) in [6.45, 7) is 2.09. The Morgan fingerprint density at radius 2 is 2.12 bits per heavy atom. The average molecular weight is 214 g/mol. The van der Waals surface area contributed by atoms with Crippen LogP contribution < -0.4 is 9.47 Å². The molecule has 1 heterocycles. The van der Waals surface area contributed by atoms with Gasteiger partial charge >= 0.3 is 0 Å². The van der Waals surface area contributed by atoms with Gasteiger partial charge in [0.1, 0.15) is 6.10 Å². The zero-order chi connectivity index (χ0) is 11.1. The lowest BCUT2D eigenvalue weighted by Gasteiger charge is -2.11. The van der Waals surface area contributed by atoms with Gasteiger partial charge in [-0.25, -0.2) is 0 Å². The first-order valence-electron chi connectivity index (χ1n) is 5.55. The van der Waals surface area contributed by atoms with Crippen molar-refractivity contribution in [3.8, 4) is 11.5 Å². The van der Waals surface area contributed by atoms with Gasteiger partial charge in [-0.3, -0.25) is 0 Å². The molecule has 0 saturated heterocycles. The van der Waals surface area contributed by atoms with E-state index in [0.29, 0.717) is 0 Å². The van der Waals surface area contributed by atoms with Gasteiger partial charge in [-0.2, -0.15) is 0 Å².